The van der Waals surface area contributed by atoms with Crippen molar-refractivity contribution in [3.8, 4) is 11.3 Å². The molecule has 2 heteroatoms. The highest BCUT2D eigenvalue weighted by atomic mass is 16.1. The van der Waals surface area contributed by atoms with Crippen molar-refractivity contribution in [1.29, 1.82) is 0 Å². The van der Waals surface area contributed by atoms with E-state index in [2.05, 4.69) is 32.0 Å². The summed E-state index contributed by atoms with van der Waals surface area (Å²) in [7, 11) is 0. The number of hydrogen-bond donors (Lipinski definition) is 0. The van der Waals surface area contributed by atoms with Crippen LogP contribution in [0.15, 0.2) is 47.3 Å². The number of rotatable bonds is 0. The van der Waals surface area contributed by atoms with Gasteiger partial charge in [0.2, 0.25) is 0 Å². The minimum absolute atomic E-state index is 0.122. The summed E-state index contributed by atoms with van der Waals surface area (Å²) in [4.78, 5) is 12.7. The minimum atomic E-state index is 0.122. The monoisotopic (exact) mass is 261 g/mol. The highest BCUT2D eigenvalue weighted by Gasteiger charge is 2.20. The summed E-state index contributed by atoms with van der Waals surface area (Å²) < 4.78 is 1.89. The van der Waals surface area contributed by atoms with Crippen LogP contribution in [0.4, 0.5) is 0 Å². The third-order valence-electron chi connectivity index (χ3n) is 4.45. The molecule has 1 aliphatic rings. The van der Waals surface area contributed by atoms with Crippen LogP contribution in [-0.2, 0) is 6.54 Å². The van der Waals surface area contributed by atoms with E-state index in [-0.39, 0.29) is 5.56 Å². The van der Waals surface area contributed by atoms with Crippen molar-refractivity contribution in [3.63, 3.8) is 0 Å². The molecular formula is C18H15NO. The topological polar surface area (TPSA) is 22.0 Å². The smallest absolute Gasteiger partial charge is 0.259 e. The van der Waals surface area contributed by atoms with Crippen LogP contribution in [0.1, 0.15) is 16.7 Å². The van der Waals surface area contributed by atoms with E-state index >= 15 is 0 Å². The van der Waals surface area contributed by atoms with Gasteiger partial charge in [-0.05, 0) is 48.1 Å². The number of hydrogen-bond acceptors (Lipinski definition) is 1. The maximum Gasteiger partial charge on any atom is 0.259 e. The Labute approximate surface area is 117 Å². The van der Waals surface area contributed by atoms with Crippen molar-refractivity contribution in [3.05, 3.63) is 69.5 Å². The van der Waals surface area contributed by atoms with E-state index in [1.807, 2.05) is 28.8 Å². The first-order valence-corrected chi connectivity index (χ1v) is 6.89. The number of benzene rings is 2. The van der Waals surface area contributed by atoms with Gasteiger partial charge in [0.1, 0.15) is 0 Å². The lowest BCUT2D eigenvalue weighted by Gasteiger charge is -2.10. The summed E-state index contributed by atoms with van der Waals surface area (Å²) in [5.74, 6) is 0. The van der Waals surface area contributed by atoms with Crippen molar-refractivity contribution in [2.75, 3.05) is 0 Å². The average Bonchev–Trinajstić information content (AvgIpc) is 2.83. The van der Waals surface area contributed by atoms with Crippen molar-refractivity contribution < 1.29 is 0 Å². The second-order valence-electron chi connectivity index (χ2n) is 5.55. The second-order valence-corrected chi connectivity index (χ2v) is 5.55. The van der Waals surface area contributed by atoms with Crippen LogP contribution in [0.25, 0.3) is 22.0 Å². The summed E-state index contributed by atoms with van der Waals surface area (Å²) in [6, 6.07) is 14.4. The zero-order valence-corrected chi connectivity index (χ0v) is 11.6. The predicted molar refractivity (Wildman–Crippen MR) is 82.2 cm³/mol. The molecule has 0 aliphatic carbocycles. The molecule has 0 saturated carbocycles. The van der Waals surface area contributed by atoms with E-state index in [1.165, 1.54) is 22.3 Å². The van der Waals surface area contributed by atoms with Crippen LogP contribution in [0, 0.1) is 13.8 Å². The highest BCUT2D eigenvalue weighted by Crippen LogP contribution is 2.33. The average molecular weight is 261 g/mol. The summed E-state index contributed by atoms with van der Waals surface area (Å²) in [6.45, 7) is 4.87. The van der Waals surface area contributed by atoms with Crippen LogP contribution in [0.3, 0.4) is 0 Å². The third-order valence-corrected chi connectivity index (χ3v) is 4.45. The van der Waals surface area contributed by atoms with Gasteiger partial charge in [-0.15, -0.1) is 0 Å². The molecule has 3 aromatic rings. The summed E-state index contributed by atoms with van der Waals surface area (Å²) in [5, 5.41) is 1.91. The number of aromatic nitrogens is 1. The van der Waals surface area contributed by atoms with Gasteiger partial charge in [-0.25, -0.2) is 0 Å². The Bertz CT molecular complexity index is 919. The van der Waals surface area contributed by atoms with Crippen molar-refractivity contribution in [2.45, 2.75) is 20.4 Å². The van der Waals surface area contributed by atoms with Crippen molar-refractivity contribution in [1.82, 2.24) is 4.57 Å². The first-order chi connectivity index (χ1) is 9.66. The van der Waals surface area contributed by atoms with Crippen LogP contribution >= 0.6 is 0 Å². The maximum absolute atomic E-state index is 12.7. The third kappa shape index (κ3) is 1.36. The molecule has 2 nitrogen and oxygen atoms in total. The van der Waals surface area contributed by atoms with Crippen LogP contribution in [-0.4, -0.2) is 4.57 Å². The van der Waals surface area contributed by atoms with E-state index < -0.39 is 0 Å². The largest absolute Gasteiger partial charge is 0.303 e. The predicted octanol–water partition coefficient (Wildman–Crippen LogP) is 3.65. The van der Waals surface area contributed by atoms with Gasteiger partial charge in [0.25, 0.3) is 5.56 Å². The fourth-order valence-corrected chi connectivity index (χ4v) is 3.14. The van der Waals surface area contributed by atoms with Crippen LogP contribution in [0.2, 0.25) is 0 Å². The lowest BCUT2D eigenvalue weighted by atomic mass is 10.00. The van der Waals surface area contributed by atoms with E-state index in [4.69, 9.17) is 0 Å². The van der Waals surface area contributed by atoms with E-state index in [0.717, 1.165) is 16.5 Å². The molecule has 0 bridgehead atoms. The Morgan fingerprint density at radius 3 is 2.65 bits per heavy atom. The number of pyridine rings is 1. The molecule has 4 rings (SSSR count). The van der Waals surface area contributed by atoms with Crippen molar-refractivity contribution in [2.24, 2.45) is 0 Å². The Kier molecular flexibility index (Phi) is 2.19. The van der Waals surface area contributed by atoms with Gasteiger partial charge >= 0.3 is 0 Å². The molecule has 0 N–H and O–H groups in total. The highest BCUT2D eigenvalue weighted by molar-refractivity contribution is 5.90. The first-order valence-electron chi connectivity index (χ1n) is 6.89. The molecule has 0 fully saturated rings. The lowest BCUT2D eigenvalue weighted by Crippen LogP contribution is -2.19. The lowest BCUT2D eigenvalue weighted by molar-refractivity contribution is 0.812. The molecule has 20 heavy (non-hydrogen) atoms. The van der Waals surface area contributed by atoms with Gasteiger partial charge in [-0.2, -0.15) is 0 Å². The minimum Gasteiger partial charge on any atom is -0.303 e. The van der Waals surface area contributed by atoms with Gasteiger partial charge in [-0.1, -0.05) is 30.3 Å². The van der Waals surface area contributed by atoms with Gasteiger partial charge in [0.15, 0.2) is 0 Å². The fraction of sp³-hybridized carbons (Fsp3) is 0.167. The van der Waals surface area contributed by atoms with Crippen molar-refractivity contribution >= 4 is 10.8 Å². The van der Waals surface area contributed by atoms with Gasteiger partial charge < -0.3 is 4.57 Å². The molecule has 0 saturated heterocycles. The Morgan fingerprint density at radius 1 is 1.00 bits per heavy atom. The molecule has 1 aliphatic heterocycles. The molecule has 0 radical (unpaired) electrons. The van der Waals surface area contributed by atoms with E-state index in [1.54, 1.807) is 0 Å². The summed E-state index contributed by atoms with van der Waals surface area (Å²) in [5.41, 5.74) is 6.02. The van der Waals surface area contributed by atoms with E-state index in [9.17, 15) is 4.79 Å². The molecular weight excluding hydrogens is 246 g/mol. The fourth-order valence-electron chi connectivity index (χ4n) is 3.14. The molecule has 2 heterocycles. The molecule has 0 atom stereocenters. The van der Waals surface area contributed by atoms with Gasteiger partial charge in [0.05, 0.1) is 12.2 Å². The Balaban J connectivity index is 2.17. The molecule has 0 unspecified atom stereocenters. The van der Waals surface area contributed by atoms with Gasteiger partial charge in [-0.3, -0.25) is 4.79 Å². The summed E-state index contributed by atoms with van der Waals surface area (Å²) >= 11 is 0. The summed E-state index contributed by atoms with van der Waals surface area (Å²) in [6.07, 6.45) is 0. The Hall–Kier alpha value is -2.35. The maximum atomic E-state index is 12.7. The van der Waals surface area contributed by atoms with E-state index in [0.29, 0.717) is 6.54 Å². The normalized spacial score (nSPS) is 12.5. The second kappa shape index (κ2) is 3.83. The zero-order valence-electron chi connectivity index (χ0n) is 11.6. The quantitative estimate of drug-likeness (QED) is 0.473. The molecule has 0 amide bonds. The van der Waals surface area contributed by atoms with Crippen LogP contribution in [0.5, 0.6) is 0 Å². The Morgan fingerprint density at radius 2 is 1.80 bits per heavy atom. The van der Waals surface area contributed by atoms with Gasteiger partial charge in [0, 0.05) is 10.9 Å². The SMILES string of the molecule is Cc1ccc2c(=O)n3c(cc2c1C)-c1ccccc1C3. The molecule has 98 valence electrons. The standard InChI is InChI=1S/C18H15NO/c1-11-7-8-15-16(12(11)2)9-17-14-6-4-3-5-13(14)10-19(17)18(15)20/h3-9H,10H2,1-2H3. The molecule has 2 aromatic carbocycles. The molecule has 1 aromatic heterocycles. The number of nitrogens with zero attached hydrogens (tertiary/aromatic N) is 1. The van der Waals surface area contributed by atoms with Crippen LogP contribution < -0.4 is 5.56 Å². The number of fused-ring (bicyclic) bond motifs is 4. The zero-order chi connectivity index (χ0) is 13.9. The number of aryl methyl sites for hydroxylation is 2. The molecule has 0 spiro atoms. The first kappa shape index (κ1) is 11.5.